The molecule has 1 saturated carbocycles. The van der Waals surface area contributed by atoms with Gasteiger partial charge < -0.3 is 9.80 Å². The smallest absolute Gasteiger partial charge is 0.00385 e. The molecule has 2 nitrogen and oxygen atoms in total. The van der Waals surface area contributed by atoms with E-state index in [1.54, 1.807) is 0 Å². The summed E-state index contributed by atoms with van der Waals surface area (Å²) < 4.78 is 0. The van der Waals surface area contributed by atoms with E-state index in [0.717, 1.165) is 0 Å². The fourth-order valence-corrected chi connectivity index (χ4v) is 5.23. The lowest BCUT2D eigenvalue weighted by Gasteiger charge is -2.45. The highest BCUT2D eigenvalue weighted by Gasteiger charge is 2.44. The summed E-state index contributed by atoms with van der Waals surface area (Å²) >= 11 is 0. The minimum absolute atomic E-state index is 0. The third-order valence-electron chi connectivity index (χ3n) is 6.53. The molecule has 0 atom stereocenters. The zero-order valence-corrected chi connectivity index (χ0v) is 18.2. The molecule has 2 fully saturated rings. The van der Waals surface area contributed by atoms with E-state index in [9.17, 15) is 0 Å². The Morgan fingerprint density at radius 1 is 0.875 bits per heavy atom. The Hall–Kier alpha value is 0.500. The van der Waals surface area contributed by atoms with Crippen LogP contribution in [0, 0.1) is 10.8 Å². The molecule has 1 aliphatic heterocycles. The molecule has 1 heterocycles. The minimum Gasteiger partial charge on any atom is -0.309 e. The second-order valence-corrected chi connectivity index (χ2v) is 8.68. The fourth-order valence-electron chi connectivity index (χ4n) is 5.23. The predicted octanol–water partition coefficient (Wildman–Crippen LogP) is 5.63. The van der Waals surface area contributed by atoms with Crippen molar-refractivity contribution in [2.24, 2.45) is 10.8 Å². The quantitative estimate of drug-likeness (QED) is 0.537. The Kier molecular flexibility index (Phi) is 11.5. The maximum absolute atomic E-state index is 2.76. The summed E-state index contributed by atoms with van der Waals surface area (Å²) in [5, 5.41) is 0. The van der Waals surface area contributed by atoms with Crippen LogP contribution < -0.4 is 0 Å². The van der Waals surface area contributed by atoms with Crippen LogP contribution in [0.2, 0.25) is 0 Å². The van der Waals surface area contributed by atoms with E-state index in [0.29, 0.717) is 10.8 Å². The van der Waals surface area contributed by atoms with Gasteiger partial charge in [-0.25, -0.2) is 0 Å². The van der Waals surface area contributed by atoms with Crippen molar-refractivity contribution in [3.8, 4) is 0 Å². The Labute approximate surface area is 163 Å². The van der Waals surface area contributed by atoms with Gasteiger partial charge in [0.25, 0.3) is 0 Å². The largest absolute Gasteiger partial charge is 0.309 e. The molecule has 0 amide bonds. The van der Waals surface area contributed by atoms with Gasteiger partial charge >= 0.3 is 0 Å². The van der Waals surface area contributed by atoms with Crippen LogP contribution in [-0.4, -0.2) is 50.1 Å². The number of nitrogens with zero attached hydrogens (tertiary/aromatic N) is 2. The van der Waals surface area contributed by atoms with Gasteiger partial charge in [-0.3, -0.25) is 0 Å². The molecule has 0 aromatic heterocycles. The molecule has 4 heteroatoms. The summed E-state index contributed by atoms with van der Waals surface area (Å²) in [6.45, 7) is 10.1. The van der Waals surface area contributed by atoms with Crippen molar-refractivity contribution in [3.05, 3.63) is 0 Å². The lowest BCUT2D eigenvalue weighted by molar-refractivity contribution is 0.0645. The highest BCUT2D eigenvalue weighted by molar-refractivity contribution is 5.85. The van der Waals surface area contributed by atoms with E-state index >= 15 is 0 Å². The number of likely N-dealkylation sites (tertiary alicyclic amines) is 1. The summed E-state index contributed by atoms with van der Waals surface area (Å²) in [6, 6.07) is 0. The molecule has 1 spiro atoms. The number of hydrogen-bond donors (Lipinski definition) is 0. The summed E-state index contributed by atoms with van der Waals surface area (Å²) in [5.74, 6) is 0. The van der Waals surface area contributed by atoms with Crippen LogP contribution in [-0.2, 0) is 0 Å². The Bertz CT molecular complexity index is 318. The maximum Gasteiger partial charge on any atom is 0.00385 e. The summed E-state index contributed by atoms with van der Waals surface area (Å²) in [6.07, 6.45) is 14.6. The lowest BCUT2D eigenvalue weighted by atomic mass is 9.60. The first-order valence-corrected chi connectivity index (χ1v) is 9.90. The van der Waals surface area contributed by atoms with E-state index in [-0.39, 0.29) is 24.8 Å². The molecular weight excluding hydrogens is 339 g/mol. The summed E-state index contributed by atoms with van der Waals surface area (Å²) in [4.78, 5) is 5.08. The first kappa shape index (κ1) is 24.5. The Balaban J connectivity index is 0.00000264. The van der Waals surface area contributed by atoms with Crippen molar-refractivity contribution in [2.75, 3.05) is 40.3 Å². The minimum atomic E-state index is 0. The zero-order chi connectivity index (χ0) is 16.1. The molecule has 0 aromatic carbocycles. The third-order valence-corrected chi connectivity index (χ3v) is 6.53. The molecule has 0 N–H and O–H groups in total. The predicted molar refractivity (Wildman–Crippen MR) is 112 cm³/mol. The van der Waals surface area contributed by atoms with E-state index in [2.05, 4.69) is 37.7 Å². The van der Waals surface area contributed by atoms with E-state index < -0.39 is 0 Å². The second-order valence-electron chi connectivity index (χ2n) is 8.68. The molecule has 24 heavy (non-hydrogen) atoms. The van der Waals surface area contributed by atoms with Crippen molar-refractivity contribution in [2.45, 2.75) is 78.1 Å². The van der Waals surface area contributed by atoms with Gasteiger partial charge in [0.15, 0.2) is 0 Å². The number of hydrogen-bond acceptors (Lipinski definition) is 2. The average Bonchev–Trinajstić information content (AvgIpc) is 2.86. The fraction of sp³-hybridized carbons (Fsp3) is 1.00. The van der Waals surface area contributed by atoms with Crippen LogP contribution in [0.25, 0.3) is 0 Å². The SMILES string of the molecule is CCCC1(CCC)CCC2(CCN(CCCN(C)C)C2)CC1.Cl.Cl. The third kappa shape index (κ3) is 6.67. The van der Waals surface area contributed by atoms with Gasteiger partial charge in [0.05, 0.1) is 0 Å². The van der Waals surface area contributed by atoms with Crippen molar-refractivity contribution in [1.82, 2.24) is 9.80 Å². The van der Waals surface area contributed by atoms with E-state index in [4.69, 9.17) is 0 Å². The average molecular weight is 381 g/mol. The molecular formula is C20H42Cl2N2. The molecule has 2 rings (SSSR count). The van der Waals surface area contributed by atoms with Gasteiger partial charge in [0, 0.05) is 6.54 Å². The molecule has 0 bridgehead atoms. The Morgan fingerprint density at radius 2 is 1.46 bits per heavy atom. The molecule has 0 radical (unpaired) electrons. The molecule has 2 aliphatic rings. The monoisotopic (exact) mass is 380 g/mol. The van der Waals surface area contributed by atoms with Gasteiger partial charge in [-0.15, -0.1) is 24.8 Å². The van der Waals surface area contributed by atoms with Crippen LogP contribution in [0.1, 0.15) is 78.1 Å². The molecule has 0 aromatic rings. The highest BCUT2D eigenvalue weighted by atomic mass is 35.5. The standard InChI is InChI=1S/C20H40N2.2ClH/c1-5-8-19(9-6-2)10-12-20(13-11-19)14-17-22(18-20)16-7-15-21(3)4;;/h5-18H2,1-4H3;2*1H. The zero-order valence-electron chi connectivity index (χ0n) is 16.6. The summed E-state index contributed by atoms with van der Waals surface area (Å²) in [5.41, 5.74) is 1.41. The number of rotatable bonds is 8. The topological polar surface area (TPSA) is 6.48 Å². The van der Waals surface area contributed by atoms with Gasteiger partial charge in [-0.05, 0) is 95.9 Å². The summed E-state index contributed by atoms with van der Waals surface area (Å²) in [7, 11) is 4.38. The van der Waals surface area contributed by atoms with Gasteiger partial charge in [0.2, 0.25) is 0 Å². The number of halogens is 2. The van der Waals surface area contributed by atoms with Gasteiger partial charge in [-0.2, -0.15) is 0 Å². The molecule has 1 aliphatic carbocycles. The first-order chi connectivity index (χ1) is 10.5. The van der Waals surface area contributed by atoms with Crippen LogP contribution in [0.4, 0.5) is 0 Å². The van der Waals surface area contributed by atoms with Crippen LogP contribution >= 0.6 is 24.8 Å². The van der Waals surface area contributed by atoms with Crippen molar-refractivity contribution in [3.63, 3.8) is 0 Å². The van der Waals surface area contributed by atoms with Crippen molar-refractivity contribution in [1.29, 1.82) is 0 Å². The van der Waals surface area contributed by atoms with E-state index in [1.807, 2.05) is 0 Å². The van der Waals surface area contributed by atoms with Crippen LogP contribution in [0.3, 0.4) is 0 Å². The van der Waals surface area contributed by atoms with Gasteiger partial charge in [-0.1, -0.05) is 26.7 Å². The van der Waals surface area contributed by atoms with E-state index in [1.165, 1.54) is 90.4 Å². The Morgan fingerprint density at radius 3 is 1.96 bits per heavy atom. The van der Waals surface area contributed by atoms with Crippen LogP contribution in [0.15, 0.2) is 0 Å². The second kappa shape index (κ2) is 11.3. The maximum atomic E-state index is 2.76. The highest BCUT2D eigenvalue weighted by Crippen LogP contribution is 2.53. The molecule has 146 valence electrons. The lowest BCUT2D eigenvalue weighted by Crippen LogP contribution is -2.37. The molecule has 1 saturated heterocycles. The first-order valence-electron chi connectivity index (χ1n) is 9.90. The molecule has 0 unspecified atom stereocenters. The van der Waals surface area contributed by atoms with Crippen molar-refractivity contribution >= 4 is 24.8 Å². The normalized spacial score (nSPS) is 22.4. The van der Waals surface area contributed by atoms with Crippen LogP contribution in [0.5, 0.6) is 0 Å². The van der Waals surface area contributed by atoms with Gasteiger partial charge in [0.1, 0.15) is 0 Å². The van der Waals surface area contributed by atoms with Crippen molar-refractivity contribution < 1.29 is 0 Å².